The summed E-state index contributed by atoms with van der Waals surface area (Å²) in [6.07, 6.45) is 5.05. The lowest BCUT2D eigenvalue weighted by atomic mass is 10.2. The standard InChI is InChI=1S/C9H16N2S/c1-8(2)6-11-7-9(3-4-12)5-10-11/h5,7-8,12H,3-4,6H2,1-2H3. The molecule has 0 spiro atoms. The average molecular weight is 184 g/mol. The molecule has 68 valence electrons. The van der Waals surface area contributed by atoms with E-state index in [0.717, 1.165) is 18.7 Å². The molecular weight excluding hydrogens is 168 g/mol. The van der Waals surface area contributed by atoms with Crippen molar-refractivity contribution in [2.45, 2.75) is 26.8 Å². The summed E-state index contributed by atoms with van der Waals surface area (Å²) in [5, 5.41) is 4.26. The number of nitrogens with zero attached hydrogens (tertiary/aromatic N) is 2. The van der Waals surface area contributed by atoms with E-state index < -0.39 is 0 Å². The van der Waals surface area contributed by atoms with Gasteiger partial charge in [-0.1, -0.05) is 13.8 Å². The molecule has 0 saturated heterocycles. The normalized spacial score (nSPS) is 11.0. The molecule has 1 rings (SSSR count). The van der Waals surface area contributed by atoms with Crippen LogP contribution in [-0.2, 0) is 13.0 Å². The van der Waals surface area contributed by atoms with Crippen LogP contribution < -0.4 is 0 Å². The van der Waals surface area contributed by atoms with Crippen LogP contribution in [0.4, 0.5) is 0 Å². The van der Waals surface area contributed by atoms with E-state index in [1.54, 1.807) is 0 Å². The number of hydrogen-bond donors (Lipinski definition) is 1. The van der Waals surface area contributed by atoms with Gasteiger partial charge < -0.3 is 0 Å². The molecule has 0 aliphatic rings. The minimum Gasteiger partial charge on any atom is -0.272 e. The highest BCUT2D eigenvalue weighted by atomic mass is 32.1. The van der Waals surface area contributed by atoms with Crippen molar-refractivity contribution in [2.75, 3.05) is 5.75 Å². The Morgan fingerprint density at radius 2 is 2.33 bits per heavy atom. The van der Waals surface area contributed by atoms with Gasteiger partial charge >= 0.3 is 0 Å². The average Bonchev–Trinajstić information content (AvgIpc) is 2.36. The first-order valence-corrected chi connectivity index (χ1v) is 4.98. The van der Waals surface area contributed by atoms with Crippen molar-refractivity contribution in [1.29, 1.82) is 0 Å². The Balaban J connectivity index is 2.52. The van der Waals surface area contributed by atoms with Crippen molar-refractivity contribution in [3.63, 3.8) is 0 Å². The summed E-state index contributed by atoms with van der Waals surface area (Å²) in [5.74, 6) is 1.56. The van der Waals surface area contributed by atoms with Gasteiger partial charge in [0, 0.05) is 12.7 Å². The topological polar surface area (TPSA) is 17.8 Å². The minimum absolute atomic E-state index is 0.661. The third-order valence-electron chi connectivity index (χ3n) is 1.64. The van der Waals surface area contributed by atoms with Gasteiger partial charge in [-0.15, -0.1) is 0 Å². The molecule has 1 aromatic heterocycles. The Morgan fingerprint density at radius 1 is 1.58 bits per heavy atom. The molecule has 0 radical (unpaired) electrons. The van der Waals surface area contributed by atoms with E-state index in [1.165, 1.54) is 5.56 Å². The Kier molecular flexibility index (Phi) is 3.66. The van der Waals surface area contributed by atoms with Crippen LogP contribution in [0.3, 0.4) is 0 Å². The zero-order chi connectivity index (χ0) is 8.97. The first kappa shape index (κ1) is 9.65. The lowest BCUT2D eigenvalue weighted by Crippen LogP contribution is -2.04. The van der Waals surface area contributed by atoms with E-state index in [1.807, 2.05) is 10.9 Å². The highest BCUT2D eigenvalue weighted by Gasteiger charge is 1.99. The van der Waals surface area contributed by atoms with E-state index in [9.17, 15) is 0 Å². The Labute approximate surface area is 79.4 Å². The quantitative estimate of drug-likeness (QED) is 0.709. The maximum atomic E-state index is 4.26. The summed E-state index contributed by atoms with van der Waals surface area (Å²) in [4.78, 5) is 0. The molecule has 1 heterocycles. The second-order valence-electron chi connectivity index (χ2n) is 3.44. The maximum Gasteiger partial charge on any atom is 0.0522 e. The van der Waals surface area contributed by atoms with Crippen LogP contribution in [0.1, 0.15) is 19.4 Å². The lowest BCUT2D eigenvalue weighted by molar-refractivity contribution is 0.483. The maximum absolute atomic E-state index is 4.26. The van der Waals surface area contributed by atoms with Crippen molar-refractivity contribution >= 4 is 12.6 Å². The van der Waals surface area contributed by atoms with Crippen LogP contribution in [0.15, 0.2) is 12.4 Å². The van der Waals surface area contributed by atoms with E-state index in [4.69, 9.17) is 0 Å². The van der Waals surface area contributed by atoms with E-state index in [-0.39, 0.29) is 0 Å². The summed E-state index contributed by atoms with van der Waals surface area (Å²) < 4.78 is 2.00. The molecule has 0 amide bonds. The monoisotopic (exact) mass is 184 g/mol. The van der Waals surface area contributed by atoms with Gasteiger partial charge in [-0.3, -0.25) is 4.68 Å². The number of aryl methyl sites for hydroxylation is 1. The molecule has 0 fully saturated rings. The Hall–Kier alpha value is -0.440. The van der Waals surface area contributed by atoms with Gasteiger partial charge in [0.1, 0.15) is 0 Å². The van der Waals surface area contributed by atoms with Gasteiger partial charge in [0.05, 0.1) is 6.20 Å². The number of aromatic nitrogens is 2. The molecule has 0 aromatic carbocycles. The third kappa shape index (κ3) is 2.89. The van der Waals surface area contributed by atoms with Crippen LogP contribution in [-0.4, -0.2) is 15.5 Å². The predicted molar refractivity (Wildman–Crippen MR) is 54.6 cm³/mol. The van der Waals surface area contributed by atoms with Crippen molar-refractivity contribution in [1.82, 2.24) is 9.78 Å². The SMILES string of the molecule is CC(C)Cn1cc(CCS)cn1. The van der Waals surface area contributed by atoms with Crippen LogP contribution in [0.5, 0.6) is 0 Å². The highest BCUT2D eigenvalue weighted by Crippen LogP contribution is 2.03. The van der Waals surface area contributed by atoms with Crippen LogP contribution in [0.2, 0.25) is 0 Å². The van der Waals surface area contributed by atoms with Crippen molar-refractivity contribution < 1.29 is 0 Å². The summed E-state index contributed by atoms with van der Waals surface area (Å²) in [7, 11) is 0. The lowest BCUT2D eigenvalue weighted by Gasteiger charge is -2.03. The third-order valence-corrected chi connectivity index (χ3v) is 1.86. The van der Waals surface area contributed by atoms with Gasteiger partial charge in [0.15, 0.2) is 0 Å². The van der Waals surface area contributed by atoms with Crippen LogP contribution in [0.25, 0.3) is 0 Å². The van der Waals surface area contributed by atoms with Gasteiger partial charge in [-0.2, -0.15) is 17.7 Å². The zero-order valence-electron chi connectivity index (χ0n) is 7.70. The fourth-order valence-corrected chi connectivity index (χ4v) is 1.40. The second-order valence-corrected chi connectivity index (χ2v) is 3.89. The van der Waals surface area contributed by atoms with Gasteiger partial charge in [0.2, 0.25) is 0 Å². The molecular formula is C9H16N2S. The molecule has 0 aliphatic heterocycles. The molecule has 0 unspecified atom stereocenters. The summed E-state index contributed by atoms with van der Waals surface area (Å²) in [6, 6.07) is 0. The second kappa shape index (κ2) is 4.55. The number of thiol groups is 1. The fraction of sp³-hybridized carbons (Fsp3) is 0.667. The zero-order valence-corrected chi connectivity index (χ0v) is 8.59. The molecule has 1 aromatic rings. The molecule has 0 bridgehead atoms. The highest BCUT2D eigenvalue weighted by molar-refractivity contribution is 7.80. The largest absolute Gasteiger partial charge is 0.272 e. The van der Waals surface area contributed by atoms with E-state index in [2.05, 4.69) is 37.8 Å². The summed E-state index contributed by atoms with van der Waals surface area (Å²) in [5.41, 5.74) is 1.28. The smallest absolute Gasteiger partial charge is 0.0522 e. The van der Waals surface area contributed by atoms with E-state index >= 15 is 0 Å². The Morgan fingerprint density at radius 3 is 2.92 bits per heavy atom. The van der Waals surface area contributed by atoms with Gasteiger partial charge in [0.25, 0.3) is 0 Å². The summed E-state index contributed by atoms with van der Waals surface area (Å²) in [6.45, 7) is 5.40. The van der Waals surface area contributed by atoms with Gasteiger partial charge in [-0.25, -0.2) is 0 Å². The van der Waals surface area contributed by atoms with Crippen LogP contribution in [0, 0.1) is 5.92 Å². The first-order chi connectivity index (χ1) is 5.72. The van der Waals surface area contributed by atoms with Crippen molar-refractivity contribution in [3.8, 4) is 0 Å². The molecule has 0 atom stereocenters. The fourth-order valence-electron chi connectivity index (χ4n) is 1.14. The number of rotatable bonds is 4. The molecule has 0 N–H and O–H groups in total. The molecule has 2 nitrogen and oxygen atoms in total. The molecule has 12 heavy (non-hydrogen) atoms. The minimum atomic E-state index is 0.661. The number of hydrogen-bond acceptors (Lipinski definition) is 2. The molecule has 0 saturated carbocycles. The molecule has 3 heteroatoms. The van der Waals surface area contributed by atoms with Crippen molar-refractivity contribution in [2.24, 2.45) is 5.92 Å². The molecule has 0 aliphatic carbocycles. The van der Waals surface area contributed by atoms with E-state index in [0.29, 0.717) is 5.92 Å². The van der Waals surface area contributed by atoms with Gasteiger partial charge in [-0.05, 0) is 23.7 Å². The summed E-state index contributed by atoms with van der Waals surface area (Å²) >= 11 is 4.17. The van der Waals surface area contributed by atoms with Crippen LogP contribution >= 0.6 is 12.6 Å². The first-order valence-electron chi connectivity index (χ1n) is 4.34. The predicted octanol–water partition coefficient (Wildman–Crippen LogP) is 2.01. The van der Waals surface area contributed by atoms with Crippen molar-refractivity contribution in [3.05, 3.63) is 18.0 Å². The Bertz CT molecular complexity index is 230.